The van der Waals surface area contributed by atoms with Gasteiger partial charge in [0.1, 0.15) is 18.1 Å². The topological polar surface area (TPSA) is 88.8 Å². The third-order valence-corrected chi connectivity index (χ3v) is 9.07. The van der Waals surface area contributed by atoms with Gasteiger partial charge in [0.25, 0.3) is 0 Å². The number of likely N-dealkylation sites (N-methyl/N-ethyl adjacent to an activating group) is 1. The highest BCUT2D eigenvalue weighted by Gasteiger charge is 2.43. The zero-order chi connectivity index (χ0) is 30.8. The smallest absolute Gasteiger partial charge is 0.318 e. The fourth-order valence-electron chi connectivity index (χ4n) is 6.57. The molecule has 1 saturated carbocycles. The highest BCUT2D eigenvalue weighted by molar-refractivity contribution is 5.97. The maximum atomic E-state index is 14.3. The van der Waals surface area contributed by atoms with Gasteiger partial charge in [-0.1, -0.05) is 36.9 Å². The highest BCUT2D eigenvalue weighted by atomic mass is 19.1. The van der Waals surface area contributed by atoms with Crippen LogP contribution in [0.15, 0.2) is 49.1 Å². The predicted molar refractivity (Wildman–Crippen MR) is 170 cm³/mol. The van der Waals surface area contributed by atoms with Crippen LogP contribution in [0, 0.1) is 18.3 Å². The number of carbonyl (C=O) groups excluding carboxylic acids is 1. The Morgan fingerprint density at radius 2 is 2.00 bits per heavy atom. The summed E-state index contributed by atoms with van der Waals surface area (Å²) < 4.78 is 20.4. The van der Waals surface area contributed by atoms with Crippen molar-refractivity contribution in [1.82, 2.24) is 19.8 Å². The molecule has 6 rings (SSSR count). The number of aromatic nitrogens is 2. The predicted octanol–water partition coefficient (Wildman–Crippen LogP) is 4.43. The molecule has 3 aromatic rings. The second-order valence-electron chi connectivity index (χ2n) is 12.3. The van der Waals surface area contributed by atoms with Crippen molar-refractivity contribution < 1.29 is 13.9 Å². The summed E-state index contributed by atoms with van der Waals surface area (Å²) >= 11 is 0. The fourth-order valence-corrected chi connectivity index (χ4v) is 6.57. The van der Waals surface area contributed by atoms with Crippen LogP contribution in [-0.4, -0.2) is 90.3 Å². The van der Waals surface area contributed by atoms with Gasteiger partial charge >= 0.3 is 6.01 Å². The molecule has 1 unspecified atom stereocenters. The van der Waals surface area contributed by atoms with Crippen molar-refractivity contribution >= 4 is 28.2 Å². The fraction of sp³-hybridized carbons (Fsp3) is 0.471. The minimum atomic E-state index is -1.05. The summed E-state index contributed by atoms with van der Waals surface area (Å²) in [6, 6.07) is 15.1. The summed E-state index contributed by atoms with van der Waals surface area (Å²) in [6.07, 6.45) is 3.54. The zero-order valence-corrected chi connectivity index (χ0v) is 25.6. The molecule has 1 saturated heterocycles. The van der Waals surface area contributed by atoms with E-state index in [2.05, 4.69) is 65.8 Å². The molecule has 0 radical (unpaired) electrons. The lowest BCUT2D eigenvalue weighted by molar-refractivity contribution is -0.128. The second kappa shape index (κ2) is 12.4. The van der Waals surface area contributed by atoms with Crippen LogP contribution in [0.25, 0.3) is 10.8 Å². The number of halogens is 1. The molecule has 3 aliphatic rings. The van der Waals surface area contributed by atoms with Crippen molar-refractivity contribution in [3.8, 4) is 12.1 Å². The van der Waals surface area contributed by atoms with E-state index >= 15 is 0 Å². The molecule has 2 fully saturated rings. The first-order valence-electron chi connectivity index (χ1n) is 15.5. The van der Waals surface area contributed by atoms with Crippen LogP contribution in [0.2, 0.25) is 0 Å². The van der Waals surface area contributed by atoms with E-state index in [0.717, 1.165) is 30.0 Å². The van der Waals surface area contributed by atoms with Crippen LogP contribution in [0.3, 0.4) is 0 Å². The number of amides is 1. The average Bonchev–Trinajstić information content (AvgIpc) is 3.75. The molecule has 0 spiro atoms. The number of ether oxygens (including phenoxy) is 1. The van der Waals surface area contributed by atoms with Crippen molar-refractivity contribution in [2.75, 3.05) is 62.7 Å². The van der Waals surface area contributed by atoms with E-state index < -0.39 is 5.67 Å². The lowest BCUT2D eigenvalue weighted by Gasteiger charge is -2.42. The maximum Gasteiger partial charge on any atom is 0.318 e. The van der Waals surface area contributed by atoms with Crippen LogP contribution in [0.4, 0.5) is 15.9 Å². The molecule has 2 aliphatic heterocycles. The number of piperazine rings is 1. The molecule has 44 heavy (non-hydrogen) atoms. The zero-order valence-electron chi connectivity index (χ0n) is 25.6. The molecule has 2 aromatic carbocycles. The molecule has 10 heteroatoms. The first-order valence-corrected chi connectivity index (χ1v) is 15.5. The van der Waals surface area contributed by atoms with Crippen LogP contribution < -0.4 is 14.5 Å². The Balaban J connectivity index is 1.29. The van der Waals surface area contributed by atoms with E-state index in [9.17, 15) is 14.4 Å². The van der Waals surface area contributed by atoms with Gasteiger partial charge in [0.2, 0.25) is 5.91 Å². The van der Waals surface area contributed by atoms with Crippen LogP contribution in [-0.2, 0) is 17.8 Å². The third-order valence-electron chi connectivity index (χ3n) is 9.07. The van der Waals surface area contributed by atoms with E-state index in [1.165, 1.54) is 28.1 Å². The van der Waals surface area contributed by atoms with Crippen molar-refractivity contribution in [1.29, 1.82) is 5.26 Å². The summed E-state index contributed by atoms with van der Waals surface area (Å²) in [4.78, 5) is 30.6. The Morgan fingerprint density at radius 3 is 2.75 bits per heavy atom. The second-order valence-corrected chi connectivity index (χ2v) is 12.3. The highest BCUT2D eigenvalue weighted by Crippen LogP contribution is 2.40. The molecule has 9 nitrogen and oxygen atoms in total. The average molecular weight is 598 g/mol. The molecule has 0 N–H and O–H groups in total. The van der Waals surface area contributed by atoms with Gasteiger partial charge in [0.15, 0.2) is 0 Å². The number of anilines is 2. The Morgan fingerprint density at radius 1 is 1.20 bits per heavy atom. The number of rotatable bonds is 10. The standard InChI is InChI=1S/C34H40FN7O2/c1-4-30(43)42-18-17-41(21-26(42)11-15-36)32-27-12-16-40(29-10-6-9-25-8-5-7-24(2)31(25)29)22-28(27)37-33(38-32)44-20-19-39(3)23-34(35)13-14-34/h4-10,26H,1,11-14,16-23H2,2-3H3. The molecule has 1 aromatic heterocycles. The summed E-state index contributed by atoms with van der Waals surface area (Å²) in [7, 11) is 1.91. The number of aryl methyl sites for hydroxylation is 1. The van der Waals surface area contributed by atoms with Gasteiger partial charge in [-0.15, -0.1) is 0 Å². The molecular formula is C34H40FN7O2. The van der Waals surface area contributed by atoms with Crippen LogP contribution in [0.5, 0.6) is 6.01 Å². The first kappa shape index (κ1) is 29.8. The Labute approximate surface area is 258 Å². The van der Waals surface area contributed by atoms with Crippen molar-refractivity contribution in [3.05, 3.63) is 65.9 Å². The van der Waals surface area contributed by atoms with Gasteiger partial charge < -0.3 is 19.4 Å². The quantitative estimate of drug-likeness (QED) is 0.317. The Hall–Kier alpha value is -4.23. The van der Waals surface area contributed by atoms with Crippen LogP contribution in [0.1, 0.15) is 36.1 Å². The monoisotopic (exact) mass is 597 g/mol. The minimum Gasteiger partial charge on any atom is -0.462 e. The van der Waals surface area contributed by atoms with Crippen molar-refractivity contribution in [2.24, 2.45) is 0 Å². The van der Waals surface area contributed by atoms with E-state index in [1.54, 1.807) is 4.90 Å². The number of alkyl halides is 1. The van der Waals surface area contributed by atoms with Crippen LogP contribution >= 0.6 is 0 Å². The normalized spacial score (nSPS) is 19.1. The maximum absolute atomic E-state index is 14.3. The van der Waals surface area contributed by atoms with E-state index in [1.807, 2.05) is 11.9 Å². The van der Waals surface area contributed by atoms with Gasteiger partial charge in [0, 0.05) is 55.9 Å². The number of benzene rings is 2. The van der Waals surface area contributed by atoms with E-state index in [0.29, 0.717) is 64.7 Å². The number of hydrogen-bond acceptors (Lipinski definition) is 8. The molecule has 0 bridgehead atoms. The Bertz CT molecular complexity index is 1600. The van der Waals surface area contributed by atoms with E-state index in [4.69, 9.17) is 14.7 Å². The summed E-state index contributed by atoms with van der Waals surface area (Å²) in [5, 5.41) is 12.0. The SMILES string of the molecule is C=CC(=O)N1CCN(c2nc(OCCN(C)CC3(F)CC3)nc3c2CCN(c2cccc4cccc(C)c24)C3)CC1CC#N. The lowest BCUT2D eigenvalue weighted by atomic mass is 9.99. The lowest BCUT2D eigenvalue weighted by Crippen LogP contribution is -2.55. The molecule has 230 valence electrons. The summed E-state index contributed by atoms with van der Waals surface area (Å²) in [5.74, 6) is 0.645. The van der Waals surface area contributed by atoms with Gasteiger partial charge in [0.05, 0.1) is 30.8 Å². The molecule has 3 heterocycles. The minimum absolute atomic E-state index is 0.162. The van der Waals surface area contributed by atoms with Gasteiger partial charge in [-0.05, 0) is 56.3 Å². The molecule has 1 aliphatic carbocycles. The largest absolute Gasteiger partial charge is 0.462 e. The summed E-state index contributed by atoms with van der Waals surface area (Å²) in [5.41, 5.74) is 3.36. The number of nitriles is 1. The van der Waals surface area contributed by atoms with Crippen molar-refractivity contribution in [2.45, 2.75) is 50.9 Å². The van der Waals surface area contributed by atoms with Gasteiger partial charge in [-0.3, -0.25) is 9.69 Å². The first-order chi connectivity index (χ1) is 21.3. The third kappa shape index (κ3) is 6.20. The molecule has 1 amide bonds. The number of hydrogen-bond donors (Lipinski definition) is 0. The van der Waals surface area contributed by atoms with Crippen molar-refractivity contribution in [3.63, 3.8) is 0 Å². The number of fused-ring (bicyclic) bond motifs is 2. The number of carbonyl (C=O) groups is 1. The summed E-state index contributed by atoms with van der Waals surface area (Å²) in [6.45, 7) is 10.1. The van der Waals surface area contributed by atoms with Gasteiger partial charge in [-0.25, -0.2) is 4.39 Å². The Kier molecular flexibility index (Phi) is 8.41. The number of nitrogens with zero attached hydrogens (tertiary/aromatic N) is 7. The van der Waals surface area contributed by atoms with E-state index in [-0.39, 0.29) is 18.4 Å². The van der Waals surface area contributed by atoms with Gasteiger partial charge in [-0.2, -0.15) is 15.2 Å². The molecule has 1 atom stereocenters. The molecular weight excluding hydrogens is 557 g/mol.